The molecule has 9 heteroatoms. The van der Waals surface area contributed by atoms with Gasteiger partial charge in [0.2, 0.25) is 10.0 Å². The van der Waals surface area contributed by atoms with Crippen molar-refractivity contribution in [1.82, 2.24) is 9.38 Å². The van der Waals surface area contributed by atoms with E-state index in [0.717, 1.165) is 21.8 Å². The second-order valence-corrected chi connectivity index (χ2v) is 9.96. The van der Waals surface area contributed by atoms with E-state index in [1.165, 1.54) is 10.6 Å². The van der Waals surface area contributed by atoms with Gasteiger partial charge in [0.25, 0.3) is 5.91 Å². The zero-order valence-electron chi connectivity index (χ0n) is 16.1. The number of nitrogens with zero attached hydrogens (tertiary/aromatic N) is 3. The van der Waals surface area contributed by atoms with E-state index in [0.29, 0.717) is 29.9 Å². The molecule has 3 heterocycles. The lowest BCUT2D eigenvalue weighted by Crippen LogP contribution is -2.27. The van der Waals surface area contributed by atoms with Crippen molar-refractivity contribution in [2.45, 2.75) is 6.42 Å². The summed E-state index contributed by atoms with van der Waals surface area (Å²) in [6.45, 7) is 0.409. The summed E-state index contributed by atoms with van der Waals surface area (Å²) in [6, 6.07) is 12.7. The predicted molar refractivity (Wildman–Crippen MR) is 119 cm³/mol. The van der Waals surface area contributed by atoms with Crippen LogP contribution in [0.1, 0.15) is 15.9 Å². The molecule has 0 saturated heterocycles. The number of sulfonamides is 1. The Hall–Kier alpha value is -3.17. The summed E-state index contributed by atoms with van der Waals surface area (Å²) >= 11 is 1.58. The number of thiazole rings is 1. The van der Waals surface area contributed by atoms with Gasteiger partial charge in [0.05, 0.1) is 17.6 Å². The Morgan fingerprint density at radius 2 is 1.97 bits per heavy atom. The van der Waals surface area contributed by atoms with Crippen molar-refractivity contribution in [3.05, 3.63) is 71.4 Å². The molecule has 1 N–H and O–H groups in total. The third-order valence-corrected chi connectivity index (χ3v) is 7.08. The molecule has 7 nitrogen and oxygen atoms in total. The number of hydrogen-bond acceptors (Lipinski definition) is 5. The van der Waals surface area contributed by atoms with E-state index in [1.807, 2.05) is 46.4 Å². The molecule has 2 aromatic carbocycles. The van der Waals surface area contributed by atoms with E-state index in [2.05, 4.69) is 10.3 Å². The van der Waals surface area contributed by atoms with Crippen molar-refractivity contribution in [3.8, 4) is 11.3 Å². The number of anilines is 2. The fraction of sp³-hybridized carbons (Fsp3) is 0.143. The normalized spacial score (nSPS) is 13.6. The lowest BCUT2D eigenvalue weighted by Gasteiger charge is -2.16. The molecule has 0 spiro atoms. The molecule has 1 amide bonds. The van der Waals surface area contributed by atoms with Crippen LogP contribution in [0.5, 0.6) is 0 Å². The Bertz CT molecular complexity index is 1340. The van der Waals surface area contributed by atoms with E-state index < -0.39 is 10.0 Å². The summed E-state index contributed by atoms with van der Waals surface area (Å²) in [5, 5.41) is 4.89. The Kier molecular flexibility index (Phi) is 4.37. The molecule has 0 radical (unpaired) electrons. The van der Waals surface area contributed by atoms with Crippen molar-refractivity contribution in [1.29, 1.82) is 0 Å². The number of hydrogen-bond donors (Lipinski definition) is 1. The van der Waals surface area contributed by atoms with Crippen LogP contribution >= 0.6 is 11.3 Å². The Labute approximate surface area is 177 Å². The minimum atomic E-state index is -3.30. The molecule has 0 bridgehead atoms. The van der Waals surface area contributed by atoms with Gasteiger partial charge in [-0.1, -0.05) is 12.1 Å². The highest BCUT2D eigenvalue weighted by molar-refractivity contribution is 7.92. The number of amides is 1. The summed E-state index contributed by atoms with van der Waals surface area (Å²) in [5.74, 6) is -0.231. The van der Waals surface area contributed by atoms with Crippen LogP contribution in [0.25, 0.3) is 16.2 Å². The Balaban J connectivity index is 1.32. The maximum Gasteiger partial charge on any atom is 0.255 e. The van der Waals surface area contributed by atoms with Crippen molar-refractivity contribution in [3.63, 3.8) is 0 Å². The van der Waals surface area contributed by atoms with Gasteiger partial charge >= 0.3 is 0 Å². The van der Waals surface area contributed by atoms with Gasteiger partial charge in [-0.15, -0.1) is 11.3 Å². The van der Waals surface area contributed by atoms with Crippen LogP contribution in [0.4, 0.5) is 11.4 Å². The summed E-state index contributed by atoms with van der Waals surface area (Å²) in [5.41, 5.74) is 4.56. The highest BCUT2D eigenvalue weighted by atomic mass is 32.2. The number of fused-ring (bicyclic) bond motifs is 2. The fourth-order valence-electron chi connectivity index (χ4n) is 3.65. The van der Waals surface area contributed by atoms with Crippen LogP contribution in [0.15, 0.2) is 60.2 Å². The zero-order chi connectivity index (χ0) is 20.9. The molecule has 2 aromatic heterocycles. The Morgan fingerprint density at radius 1 is 1.17 bits per heavy atom. The van der Waals surface area contributed by atoms with Crippen LogP contribution in [-0.4, -0.2) is 36.5 Å². The number of imidazole rings is 1. The number of carbonyl (C=O) groups is 1. The van der Waals surface area contributed by atoms with Gasteiger partial charge in [0, 0.05) is 41.1 Å². The monoisotopic (exact) mass is 438 g/mol. The minimum Gasteiger partial charge on any atom is -0.322 e. The maximum absolute atomic E-state index is 12.7. The summed E-state index contributed by atoms with van der Waals surface area (Å²) in [6.07, 6.45) is 5.74. The number of carbonyl (C=O) groups excluding carboxylic acids is 1. The number of benzene rings is 2. The molecular formula is C21H18N4O3S2. The third-order valence-electron chi connectivity index (χ3n) is 5.13. The standard InChI is InChI=1S/C21H18N4O3S2/c1-30(27,28)25-9-8-15-12-16(4-7-19(15)25)20(26)22-17-5-2-14(3-6-17)18-13-24-10-11-29-21(24)23-18/h2-7,10-13H,8-9H2,1H3,(H,22,26). The van der Waals surface area contributed by atoms with Crippen LogP contribution in [0, 0.1) is 0 Å². The van der Waals surface area contributed by atoms with E-state index in [-0.39, 0.29) is 5.91 Å². The second kappa shape index (κ2) is 6.96. The molecular weight excluding hydrogens is 420 g/mol. The van der Waals surface area contributed by atoms with Gasteiger partial charge in [0.1, 0.15) is 0 Å². The van der Waals surface area contributed by atoms with Crippen molar-refractivity contribution < 1.29 is 13.2 Å². The second-order valence-electron chi connectivity index (χ2n) is 7.18. The smallest absolute Gasteiger partial charge is 0.255 e. The molecule has 0 fully saturated rings. The lowest BCUT2D eigenvalue weighted by atomic mass is 10.1. The van der Waals surface area contributed by atoms with Crippen molar-refractivity contribution in [2.24, 2.45) is 0 Å². The van der Waals surface area contributed by atoms with Gasteiger partial charge in [-0.2, -0.15) is 0 Å². The lowest BCUT2D eigenvalue weighted by molar-refractivity contribution is 0.102. The van der Waals surface area contributed by atoms with Gasteiger partial charge in [-0.25, -0.2) is 13.4 Å². The Morgan fingerprint density at radius 3 is 2.70 bits per heavy atom. The molecule has 4 aromatic rings. The number of aromatic nitrogens is 2. The molecule has 0 aliphatic carbocycles. The first kappa shape index (κ1) is 18.8. The third kappa shape index (κ3) is 3.35. The van der Waals surface area contributed by atoms with Crippen LogP contribution < -0.4 is 9.62 Å². The summed E-state index contributed by atoms with van der Waals surface area (Å²) < 4.78 is 27.1. The molecule has 0 saturated carbocycles. The number of rotatable bonds is 4. The van der Waals surface area contributed by atoms with E-state index >= 15 is 0 Å². The van der Waals surface area contributed by atoms with Crippen LogP contribution in [0.2, 0.25) is 0 Å². The van der Waals surface area contributed by atoms with Crippen LogP contribution in [0.3, 0.4) is 0 Å². The topological polar surface area (TPSA) is 83.8 Å². The molecule has 1 aliphatic heterocycles. The fourth-order valence-corrected chi connectivity index (χ4v) is 5.31. The first-order valence-electron chi connectivity index (χ1n) is 9.33. The first-order valence-corrected chi connectivity index (χ1v) is 12.1. The minimum absolute atomic E-state index is 0.231. The van der Waals surface area contributed by atoms with E-state index in [9.17, 15) is 13.2 Å². The van der Waals surface area contributed by atoms with Gasteiger partial charge in [-0.3, -0.25) is 13.5 Å². The highest BCUT2D eigenvalue weighted by Gasteiger charge is 2.26. The van der Waals surface area contributed by atoms with Gasteiger partial charge in [0.15, 0.2) is 4.96 Å². The molecule has 152 valence electrons. The van der Waals surface area contributed by atoms with E-state index in [1.54, 1.807) is 29.5 Å². The summed E-state index contributed by atoms with van der Waals surface area (Å²) in [4.78, 5) is 18.2. The highest BCUT2D eigenvalue weighted by Crippen LogP contribution is 2.31. The largest absolute Gasteiger partial charge is 0.322 e. The first-order chi connectivity index (χ1) is 14.4. The van der Waals surface area contributed by atoms with E-state index in [4.69, 9.17) is 0 Å². The quantitative estimate of drug-likeness (QED) is 0.527. The zero-order valence-corrected chi connectivity index (χ0v) is 17.7. The molecule has 1 aliphatic rings. The molecule has 0 atom stereocenters. The SMILES string of the molecule is CS(=O)(=O)N1CCc2cc(C(=O)Nc3ccc(-c4cn5ccsc5n4)cc3)ccc21. The predicted octanol–water partition coefficient (Wildman–Crippen LogP) is 3.64. The number of nitrogens with one attached hydrogen (secondary N) is 1. The summed E-state index contributed by atoms with van der Waals surface area (Å²) in [7, 11) is -3.30. The van der Waals surface area contributed by atoms with Crippen molar-refractivity contribution in [2.75, 3.05) is 22.4 Å². The average Bonchev–Trinajstić information content (AvgIpc) is 3.41. The average molecular weight is 439 g/mol. The maximum atomic E-state index is 12.7. The molecule has 5 rings (SSSR count). The molecule has 0 unspecified atom stereocenters. The van der Waals surface area contributed by atoms with Gasteiger partial charge in [-0.05, 0) is 42.3 Å². The van der Waals surface area contributed by atoms with Crippen molar-refractivity contribution >= 4 is 43.6 Å². The van der Waals surface area contributed by atoms with Crippen LogP contribution in [-0.2, 0) is 16.4 Å². The molecule has 30 heavy (non-hydrogen) atoms. The van der Waals surface area contributed by atoms with Gasteiger partial charge < -0.3 is 5.32 Å².